The van der Waals surface area contributed by atoms with Crippen LogP contribution in [0.5, 0.6) is 11.5 Å². The van der Waals surface area contributed by atoms with Crippen LogP contribution in [0.4, 0.5) is 10.1 Å². The molecule has 0 saturated heterocycles. The Labute approximate surface area is 127 Å². The van der Waals surface area contributed by atoms with Crippen LogP contribution in [0, 0.1) is 15.9 Å². The summed E-state index contributed by atoms with van der Waals surface area (Å²) < 4.78 is 18.7. The smallest absolute Gasteiger partial charge is 0.313 e. The van der Waals surface area contributed by atoms with Gasteiger partial charge in [0.2, 0.25) is 5.75 Å². The maximum absolute atomic E-state index is 13.1. The van der Waals surface area contributed by atoms with E-state index >= 15 is 0 Å². The van der Waals surface area contributed by atoms with Gasteiger partial charge >= 0.3 is 5.69 Å². The number of para-hydroxylation sites is 1. The fourth-order valence-electron chi connectivity index (χ4n) is 1.60. The number of hydrogen-bond acceptors (Lipinski definition) is 3. The van der Waals surface area contributed by atoms with E-state index in [1.54, 1.807) is 0 Å². The van der Waals surface area contributed by atoms with Crippen molar-refractivity contribution in [3.8, 4) is 11.5 Å². The molecule has 0 aliphatic rings. The molecule has 0 aromatic heterocycles. The van der Waals surface area contributed by atoms with Gasteiger partial charge in [-0.15, -0.1) is 0 Å². The molecule has 0 fully saturated rings. The SMILES string of the molecule is O=[N+]([O-])c1cccc(Cl)c1Oc1ccc(F)cc1CBr. The summed E-state index contributed by atoms with van der Waals surface area (Å²) in [7, 11) is 0. The molecule has 0 heterocycles. The summed E-state index contributed by atoms with van der Waals surface area (Å²) in [5, 5.41) is 11.4. The molecule has 2 aromatic rings. The molecule has 0 spiro atoms. The molecule has 0 aliphatic heterocycles. The molecule has 2 rings (SSSR count). The van der Waals surface area contributed by atoms with Gasteiger partial charge in [-0.25, -0.2) is 4.39 Å². The predicted molar refractivity (Wildman–Crippen MR) is 77.2 cm³/mol. The highest BCUT2D eigenvalue weighted by Crippen LogP contribution is 2.39. The molecule has 7 heteroatoms. The van der Waals surface area contributed by atoms with Crippen molar-refractivity contribution in [1.82, 2.24) is 0 Å². The van der Waals surface area contributed by atoms with Gasteiger partial charge in [0.05, 0.1) is 9.95 Å². The van der Waals surface area contributed by atoms with Gasteiger partial charge in [0, 0.05) is 17.0 Å². The lowest BCUT2D eigenvalue weighted by Gasteiger charge is -2.11. The van der Waals surface area contributed by atoms with Crippen molar-refractivity contribution < 1.29 is 14.1 Å². The third-order valence-corrected chi connectivity index (χ3v) is 3.42. The molecular weight excluding hydrogens is 353 g/mol. The third-order valence-electron chi connectivity index (χ3n) is 2.52. The van der Waals surface area contributed by atoms with Crippen LogP contribution in [0.15, 0.2) is 36.4 Å². The van der Waals surface area contributed by atoms with E-state index in [9.17, 15) is 14.5 Å². The molecular formula is C13H8BrClFNO3. The second kappa shape index (κ2) is 6.19. The molecule has 4 nitrogen and oxygen atoms in total. The second-order valence-corrected chi connectivity index (χ2v) is 4.80. The Kier molecular flexibility index (Phi) is 4.57. The first-order valence-electron chi connectivity index (χ1n) is 5.48. The van der Waals surface area contributed by atoms with E-state index in [1.165, 1.54) is 36.4 Å². The predicted octanol–water partition coefficient (Wildman–Crippen LogP) is 5.07. The third kappa shape index (κ3) is 3.08. The number of nitro groups is 1. The van der Waals surface area contributed by atoms with Crippen molar-refractivity contribution in [1.29, 1.82) is 0 Å². The average Bonchev–Trinajstić information content (AvgIpc) is 2.42. The lowest BCUT2D eigenvalue weighted by atomic mass is 10.2. The molecule has 2 aromatic carbocycles. The van der Waals surface area contributed by atoms with Crippen molar-refractivity contribution in [2.75, 3.05) is 0 Å². The van der Waals surface area contributed by atoms with Gasteiger partial charge in [-0.05, 0) is 24.3 Å². The van der Waals surface area contributed by atoms with Crippen molar-refractivity contribution in [2.24, 2.45) is 0 Å². The number of alkyl halides is 1. The van der Waals surface area contributed by atoms with Crippen molar-refractivity contribution in [3.05, 3.63) is 62.9 Å². The monoisotopic (exact) mass is 359 g/mol. The first-order chi connectivity index (χ1) is 9.52. The lowest BCUT2D eigenvalue weighted by Crippen LogP contribution is -1.96. The first kappa shape index (κ1) is 14.7. The molecule has 0 saturated carbocycles. The maximum atomic E-state index is 13.1. The second-order valence-electron chi connectivity index (χ2n) is 3.83. The Hall–Kier alpha value is -1.66. The van der Waals surface area contributed by atoms with E-state index in [4.69, 9.17) is 16.3 Å². The van der Waals surface area contributed by atoms with E-state index < -0.39 is 10.7 Å². The highest BCUT2D eigenvalue weighted by atomic mass is 79.9. The first-order valence-corrected chi connectivity index (χ1v) is 6.98. The molecule has 0 aliphatic carbocycles. The number of nitrogens with zero attached hydrogens (tertiary/aromatic N) is 1. The summed E-state index contributed by atoms with van der Waals surface area (Å²) in [4.78, 5) is 10.4. The van der Waals surface area contributed by atoms with Gasteiger partial charge in [-0.3, -0.25) is 10.1 Å². The Morgan fingerprint density at radius 1 is 1.35 bits per heavy atom. The van der Waals surface area contributed by atoms with Gasteiger partial charge in [-0.1, -0.05) is 33.6 Å². The fraction of sp³-hybridized carbons (Fsp3) is 0.0769. The average molecular weight is 361 g/mol. The van der Waals surface area contributed by atoms with Crippen LogP contribution in [-0.2, 0) is 5.33 Å². The highest BCUT2D eigenvalue weighted by molar-refractivity contribution is 9.08. The van der Waals surface area contributed by atoms with Crippen LogP contribution in [0.25, 0.3) is 0 Å². The number of rotatable bonds is 4. The Bertz CT molecular complexity index is 666. The fourth-order valence-corrected chi connectivity index (χ4v) is 2.25. The molecule has 0 radical (unpaired) electrons. The van der Waals surface area contributed by atoms with E-state index in [-0.39, 0.29) is 16.5 Å². The minimum absolute atomic E-state index is 0.0621. The lowest BCUT2D eigenvalue weighted by molar-refractivity contribution is -0.385. The van der Waals surface area contributed by atoms with Gasteiger partial charge in [0.25, 0.3) is 0 Å². The summed E-state index contributed by atoms with van der Waals surface area (Å²) in [5.41, 5.74) is 0.279. The summed E-state index contributed by atoms with van der Waals surface area (Å²) in [6.45, 7) is 0. The molecule has 0 atom stereocenters. The van der Waals surface area contributed by atoms with Gasteiger partial charge in [0.1, 0.15) is 11.6 Å². The quantitative estimate of drug-likeness (QED) is 0.434. The molecule has 20 heavy (non-hydrogen) atoms. The summed E-state index contributed by atoms with van der Waals surface area (Å²) >= 11 is 9.14. The molecule has 0 N–H and O–H groups in total. The van der Waals surface area contributed by atoms with Crippen molar-refractivity contribution in [2.45, 2.75) is 5.33 Å². The van der Waals surface area contributed by atoms with Crippen LogP contribution in [0.2, 0.25) is 5.02 Å². The molecule has 0 unspecified atom stereocenters. The molecule has 104 valence electrons. The van der Waals surface area contributed by atoms with E-state index in [0.717, 1.165) is 0 Å². The zero-order valence-electron chi connectivity index (χ0n) is 9.98. The number of nitro benzene ring substituents is 1. The van der Waals surface area contributed by atoms with Crippen LogP contribution in [0.1, 0.15) is 5.56 Å². The Morgan fingerprint density at radius 3 is 2.75 bits per heavy atom. The zero-order valence-corrected chi connectivity index (χ0v) is 12.3. The topological polar surface area (TPSA) is 52.4 Å². The van der Waals surface area contributed by atoms with Gasteiger partial charge in [0.15, 0.2) is 0 Å². The van der Waals surface area contributed by atoms with E-state index in [1.807, 2.05) is 0 Å². The maximum Gasteiger partial charge on any atom is 0.313 e. The normalized spacial score (nSPS) is 10.3. The van der Waals surface area contributed by atoms with Gasteiger partial charge in [-0.2, -0.15) is 0 Å². The summed E-state index contributed by atoms with van der Waals surface area (Å²) in [5.74, 6) is -0.173. The Balaban J connectivity index is 2.47. The van der Waals surface area contributed by atoms with Crippen molar-refractivity contribution >= 4 is 33.2 Å². The number of hydrogen-bond donors (Lipinski definition) is 0. The van der Waals surface area contributed by atoms with Gasteiger partial charge < -0.3 is 4.74 Å². The van der Waals surface area contributed by atoms with Crippen LogP contribution in [-0.4, -0.2) is 4.92 Å². The minimum Gasteiger partial charge on any atom is -0.448 e. The number of ether oxygens (including phenoxy) is 1. The number of benzene rings is 2. The molecule has 0 amide bonds. The van der Waals surface area contributed by atoms with Crippen LogP contribution >= 0.6 is 27.5 Å². The Morgan fingerprint density at radius 2 is 2.10 bits per heavy atom. The van der Waals surface area contributed by atoms with Crippen LogP contribution in [0.3, 0.4) is 0 Å². The molecule has 0 bridgehead atoms. The summed E-state index contributed by atoms with van der Waals surface area (Å²) in [6, 6.07) is 8.14. The minimum atomic E-state index is -0.585. The van der Waals surface area contributed by atoms with Crippen LogP contribution < -0.4 is 4.74 Å². The summed E-state index contributed by atoms with van der Waals surface area (Å²) in [6.07, 6.45) is 0. The standard InChI is InChI=1S/C13H8BrClFNO3/c14-7-8-6-9(16)4-5-12(8)20-13-10(15)2-1-3-11(13)17(18)19/h1-6H,7H2. The number of halogens is 3. The van der Waals surface area contributed by atoms with E-state index in [2.05, 4.69) is 15.9 Å². The largest absolute Gasteiger partial charge is 0.448 e. The van der Waals surface area contributed by atoms with Crippen molar-refractivity contribution in [3.63, 3.8) is 0 Å². The zero-order chi connectivity index (χ0) is 14.7. The highest BCUT2D eigenvalue weighted by Gasteiger charge is 2.20. The van der Waals surface area contributed by atoms with E-state index in [0.29, 0.717) is 16.6 Å².